The molecule has 0 N–H and O–H groups in total. The molecule has 0 radical (unpaired) electrons. The van der Waals surface area contributed by atoms with E-state index in [-0.39, 0.29) is 11.4 Å². The van der Waals surface area contributed by atoms with Crippen molar-refractivity contribution in [1.29, 1.82) is 0 Å². The fourth-order valence-corrected chi connectivity index (χ4v) is 2.60. The average Bonchev–Trinajstić information content (AvgIpc) is 3.16. The second kappa shape index (κ2) is 7.74. The molecule has 0 atom stereocenters. The number of hydrogen-bond donors (Lipinski definition) is 0. The second-order valence-electron chi connectivity index (χ2n) is 7.45. The van der Waals surface area contributed by atoms with Crippen molar-refractivity contribution >= 4 is 5.97 Å². The number of ether oxygens (including phenoxy) is 1. The molecule has 5 heteroatoms. The Labute approximate surface area is 159 Å². The van der Waals surface area contributed by atoms with E-state index in [9.17, 15) is 4.79 Å². The fourth-order valence-electron chi connectivity index (χ4n) is 2.60. The van der Waals surface area contributed by atoms with Crippen molar-refractivity contribution < 1.29 is 13.9 Å². The highest BCUT2D eigenvalue weighted by Gasteiger charge is 2.15. The standard InChI is InChI=1S/C22H24N2O3/c1-5-14-26-21(25)17-8-6-15(7-9-17)19-23-24-20(27-19)16-10-12-18(13-11-16)22(2,3)4/h6-13H,5,14H2,1-4H3. The lowest BCUT2D eigenvalue weighted by molar-refractivity contribution is 0.0505. The summed E-state index contributed by atoms with van der Waals surface area (Å²) in [5.74, 6) is 0.559. The van der Waals surface area contributed by atoms with Gasteiger partial charge < -0.3 is 9.15 Å². The van der Waals surface area contributed by atoms with Gasteiger partial charge in [0, 0.05) is 11.1 Å². The highest BCUT2D eigenvalue weighted by Crippen LogP contribution is 2.27. The normalized spacial score (nSPS) is 11.4. The number of hydrogen-bond acceptors (Lipinski definition) is 5. The van der Waals surface area contributed by atoms with Crippen LogP contribution in [-0.4, -0.2) is 22.8 Å². The number of benzene rings is 2. The lowest BCUT2D eigenvalue weighted by Crippen LogP contribution is -2.10. The molecule has 140 valence electrons. The summed E-state index contributed by atoms with van der Waals surface area (Å²) in [7, 11) is 0. The van der Waals surface area contributed by atoms with Crippen LogP contribution in [0.5, 0.6) is 0 Å². The number of carbonyl (C=O) groups is 1. The Morgan fingerprint density at radius 1 is 0.926 bits per heavy atom. The van der Waals surface area contributed by atoms with Crippen molar-refractivity contribution in [3.8, 4) is 22.9 Å². The molecule has 0 unspecified atom stereocenters. The summed E-state index contributed by atoms with van der Waals surface area (Å²) in [6, 6.07) is 15.1. The maximum atomic E-state index is 11.9. The molecule has 1 heterocycles. The molecule has 1 aromatic heterocycles. The molecule has 3 aromatic rings. The van der Waals surface area contributed by atoms with E-state index in [1.807, 2.05) is 19.1 Å². The van der Waals surface area contributed by atoms with Crippen molar-refractivity contribution in [3.05, 3.63) is 59.7 Å². The van der Waals surface area contributed by atoms with Gasteiger partial charge >= 0.3 is 5.97 Å². The van der Waals surface area contributed by atoms with E-state index >= 15 is 0 Å². The number of nitrogens with zero attached hydrogens (tertiary/aromatic N) is 2. The Morgan fingerprint density at radius 3 is 1.93 bits per heavy atom. The molecule has 3 rings (SSSR count). The lowest BCUT2D eigenvalue weighted by atomic mass is 9.87. The molecule has 0 fully saturated rings. The first-order chi connectivity index (χ1) is 12.9. The van der Waals surface area contributed by atoms with Crippen LogP contribution >= 0.6 is 0 Å². The smallest absolute Gasteiger partial charge is 0.338 e. The van der Waals surface area contributed by atoms with Gasteiger partial charge in [0.1, 0.15) is 0 Å². The molecule has 0 bridgehead atoms. The van der Waals surface area contributed by atoms with E-state index in [2.05, 4.69) is 43.1 Å². The summed E-state index contributed by atoms with van der Waals surface area (Å²) in [5, 5.41) is 8.27. The Hall–Kier alpha value is -2.95. The third kappa shape index (κ3) is 4.42. The minimum atomic E-state index is -0.325. The van der Waals surface area contributed by atoms with Crippen molar-refractivity contribution in [2.45, 2.75) is 39.5 Å². The zero-order valence-corrected chi connectivity index (χ0v) is 16.2. The molecule has 0 spiro atoms. The molecule has 0 aliphatic carbocycles. The SMILES string of the molecule is CCCOC(=O)c1ccc(-c2nnc(-c3ccc(C(C)(C)C)cc3)o2)cc1. The van der Waals surface area contributed by atoms with Crippen molar-refractivity contribution in [1.82, 2.24) is 10.2 Å². The summed E-state index contributed by atoms with van der Waals surface area (Å²) < 4.78 is 10.9. The van der Waals surface area contributed by atoms with Gasteiger partial charge in [-0.15, -0.1) is 10.2 Å². The van der Waals surface area contributed by atoms with Crippen LogP contribution in [0.3, 0.4) is 0 Å². The van der Waals surface area contributed by atoms with Gasteiger partial charge in [0.25, 0.3) is 0 Å². The van der Waals surface area contributed by atoms with Crippen LogP contribution in [0.4, 0.5) is 0 Å². The second-order valence-corrected chi connectivity index (χ2v) is 7.45. The van der Waals surface area contributed by atoms with E-state index < -0.39 is 0 Å². The van der Waals surface area contributed by atoms with Gasteiger partial charge in [-0.05, 0) is 53.8 Å². The maximum absolute atomic E-state index is 11.9. The van der Waals surface area contributed by atoms with Crippen molar-refractivity contribution in [3.63, 3.8) is 0 Å². The molecule has 0 aliphatic rings. The minimum absolute atomic E-state index is 0.0958. The fraction of sp³-hybridized carbons (Fsp3) is 0.318. The monoisotopic (exact) mass is 364 g/mol. The first-order valence-electron chi connectivity index (χ1n) is 9.10. The first kappa shape index (κ1) is 18.8. The molecule has 0 aliphatic heterocycles. The summed E-state index contributed by atoms with van der Waals surface area (Å²) >= 11 is 0. The molecular formula is C22H24N2O3. The van der Waals surface area contributed by atoms with Crippen LogP contribution in [0, 0.1) is 0 Å². The van der Waals surface area contributed by atoms with E-state index in [0.29, 0.717) is 24.0 Å². The summed E-state index contributed by atoms with van der Waals surface area (Å²) in [6.45, 7) is 8.90. The number of carbonyl (C=O) groups excluding carboxylic acids is 1. The topological polar surface area (TPSA) is 65.2 Å². The molecular weight excluding hydrogens is 340 g/mol. The Balaban J connectivity index is 1.76. The van der Waals surface area contributed by atoms with Crippen LogP contribution in [-0.2, 0) is 10.2 Å². The summed E-state index contributed by atoms with van der Waals surface area (Å²) in [6.07, 6.45) is 0.797. The number of esters is 1. The van der Waals surface area contributed by atoms with Crippen LogP contribution < -0.4 is 0 Å². The van der Waals surface area contributed by atoms with Crippen molar-refractivity contribution in [2.75, 3.05) is 6.61 Å². The van der Waals surface area contributed by atoms with Gasteiger partial charge in [0.15, 0.2) is 0 Å². The van der Waals surface area contributed by atoms with Crippen LogP contribution in [0.15, 0.2) is 52.9 Å². The third-order valence-corrected chi connectivity index (χ3v) is 4.23. The van der Waals surface area contributed by atoms with Gasteiger partial charge in [-0.3, -0.25) is 0 Å². The molecule has 0 saturated heterocycles. The van der Waals surface area contributed by atoms with Gasteiger partial charge in [0.05, 0.1) is 12.2 Å². The van der Waals surface area contributed by atoms with Crippen LogP contribution in [0.25, 0.3) is 22.9 Å². The minimum Gasteiger partial charge on any atom is -0.462 e. The van der Waals surface area contributed by atoms with Crippen LogP contribution in [0.2, 0.25) is 0 Å². The molecule has 27 heavy (non-hydrogen) atoms. The van der Waals surface area contributed by atoms with E-state index in [1.54, 1.807) is 24.3 Å². The van der Waals surface area contributed by atoms with Crippen molar-refractivity contribution in [2.24, 2.45) is 0 Å². The maximum Gasteiger partial charge on any atom is 0.338 e. The largest absolute Gasteiger partial charge is 0.462 e. The molecule has 2 aromatic carbocycles. The van der Waals surface area contributed by atoms with E-state index in [0.717, 1.165) is 17.5 Å². The molecule has 0 amide bonds. The first-order valence-corrected chi connectivity index (χ1v) is 9.10. The summed E-state index contributed by atoms with van der Waals surface area (Å²) in [4.78, 5) is 11.9. The predicted molar refractivity (Wildman–Crippen MR) is 104 cm³/mol. The Morgan fingerprint density at radius 2 is 1.44 bits per heavy atom. The van der Waals surface area contributed by atoms with Gasteiger partial charge in [0.2, 0.25) is 11.8 Å². The zero-order valence-electron chi connectivity index (χ0n) is 16.2. The van der Waals surface area contributed by atoms with Gasteiger partial charge in [-0.1, -0.05) is 39.8 Å². The van der Waals surface area contributed by atoms with E-state index in [4.69, 9.17) is 9.15 Å². The highest BCUT2D eigenvalue weighted by molar-refractivity contribution is 5.89. The quantitative estimate of drug-likeness (QED) is 0.577. The van der Waals surface area contributed by atoms with Gasteiger partial charge in [-0.2, -0.15) is 0 Å². The Kier molecular flexibility index (Phi) is 5.40. The van der Waals surface area contributed by atoms with Gasteiger partial charge in [-0.25, -0.2) is 4.79 Å². The lowest BCUT2D eigenvalue weighted by Gasteiger charge is -2.18. The average molecular weight is 364 g/mol. The number of rotatable bonds is 5. The predicted octanol–water partition coefficient (Wildman–Crippen LogP) is 5.27. The Bertz CT molecular complexity index is 904. The van der Waals surface area contributed by atoms with Crippen LogP contribution in [0.1, 0.15) is 50.0 Å². The molecule has 0 saturated carbocycles. The summed E-state index contributed by atoms with van der Waals surface area (Å²) in [5.41, 5.74) is 3.48. The highest BCUT2D eigenvalue weighted by atomic mass is 16.5. The van der Waals surface area contributed by atoms with E-state index in [1.165, 1.54) is 5.56 Å². The zero-order chi connectivity index (χ0) is 19.4. The number of aromatic nitrogens is 2. The third-order valence-electron chi connectivity index (χ3n) is 4.23. The molecule has 5 nitrogen and oxygen atoms in total.